The van der Waals surface area contributed by atoms with Crippen LogP contribution in [0.1, 0.15) is 11.1 Å². The minimum atomic E-state index is -0.826. The van der Waals surface area contributed by atoms with Crippen LogP contribution in [0.4, 0.5) is 11.4 Å². The normalized spacial score (nSPS) is 10.6. The van der Waals surface area contributed by atoms with E-state index in [4.69, 9.17) is 29.8 Å². The Bertz CT molecular complexity index is 1440. The SMILES string of the molecule is Cc1ccccc1OCC(COc1ccccc1C)(COc1ccccc1N=C=N)COc1ccccc1N=C=N. The van der Waals surface area contributed by atoms with Gasteiger partial charge in [-0.25, -0.2) is 10.8 Å². The van der Waals surface area contributed by atoms with Gasteiger partial charge in [-0.1, -0.05) is 60.7 Å². The third kappa shape index (κ3) is 7.93. The van der Waals surface area contributed by atoms with Crippen LogP contribution in [0.3, 0.4) is 0 Å². The number of hydrogen-bond acceptors (Lipinski definition) is 8. The topological polar surface area (TPSA) is 109 Å². The standard InChI is InChI=1S/C33H32N4O4/c1-25-11-3-7-15-29(25)38-19-33(20-39-30-16-8-4-12-26(30)2,21-40-31-17-9-5-13-27(31)36-23-34)22-41-32-18-10-6-14-28(32)37-24-35/h3-18,34-35H,19-22H2,1-2H3. The second-order valence-electron chi connectivity index (χ2n) is 9.57. The van der Waals surface area contributed by atoms with Gasteiger partial charge in [0, 0.05) is 0 Å². The maximum Gasteiger partial charge on any atom is 0.145 e. The van der Waals surface area contributed by atoms with Crippen LogP contribution in [0.5, 0.6) is 23.0 Å². The van der Waals surface area contributed by atoms with Gasteiger partial charge in [0.25, 0.3) is 0 Å². The monoisotopic (exact) mass is 548 g/mol. The molecule has 0 heterocycles. The third-order valence-electron chi connectivity index (χ3n) is 6.41. The molecule has 0 saturated carbocycles. The van der Waals surface area contributed by atoms with Crippen molar-refractivity contribution in [3.05, 3.63) is 108 Å². The van der Waals surface area contributed by atoms with Crippen LogP contribution >= 0.6 is 0 Å². The maximum absolute atomic E-state index is 7.31. The van der Waals surface area contributed by atoms with Crippen LogP contribution in [-0.4, -0.2) is 38.4 Å². The van der Waals surface area contributed by atoms with E-state index < -0.39 is 5.41 Å². The van der Waals surface area contributed by atoms with E-state index in [-0.39, 0.29) is 26.4 Å². The molecule has 0 amide bonds. The Kier molecular flexibility index (Phi) is 10.1. The summed E-state index contributed by atoms with van der Waals surface area (Å²) in [6.45, 7) is 4.68. The van der Waals surface area contributed by atoms with Crippen molar-refractivity contribution in [3.8, 4) is 23.0 Å². The second kappa shape index (κ2) is 14.3. The van der Waals surface area contributed by atoms with Crippen LogP contribution < -0.4 is 18.9 Å². The Morgan fingerprint density at radius 2 is 0.829 bits per heavy atom. The first-order chi connectivity index (χ1) is 20.0. The van der Waals surface area contributed by atoms with Gasteiger partial charge in [0.2, 0.25) is 0 Å². The van der Waals surface area contributed by atoms with Crippen molar-refractivity contribution in [2.75, 3.05) is 26.4 Å². The molecule has 0 spiro atoms. The predicted molar refractivity (Wildman–Crippen MR) is 159 cm³/mol. The zero-order valence-electron chi connectivity index (χ0n) is 23.1. The fourth-order valence-electron chi connectivity index (χ4n) is 4.07. The summed E-state index contributed by atoms with van der Waals surface area (Å²) in [4.78, 5) is 8.01. The molecular formula is C33H32N4O4. The highest BCUT2D eigenvalue weighted by atomic mass is 16.5. The van der Waals surface area contributed by atoms with Crippen molar-refractivity contribution in [2.45, 2.75) is 13.8 Å². The minimum absolute atomic E-state index is 0.144. The van der Waals surface area contributed by atoms with E-state index in [9.17, 15) is 0 Å². The molecule has 0 atom stereocenters. The lowest BCUT2D eigenvalue weighted by Gasteiger charge is -2.33. The number of para-hydroxylation sites is 6. The molecule has 4 aromatic rings. The van der Waals surface area contributed by atoms with Gasteiger partial charge in [-0.15, -0.1) is 0 Å². The summed E-state index contributed by atoms with van der Waals surface area (Å²) < 4.78 is 25.4. The zero-order chi connectivity index (χ0) is 28.9. The van der Waals surface area contributed by atoms with E-state index >= 15 is 0 Å². The average molecular weight is 549 g/mol. The molecule has 0 fully saturated rings. The Balaban J connectivity index is 1.70. The minimum Gasteiger partial charge on any atom is -0.492 e. The smallest absolute Gasteiger partial charge is 0.145 e. The first kappa shape index (κ1) is 28.8. The lowest BCUT2D eigenvalue weighted by atomic mass is 9.91. The molecule has 0 aliphatic rings. The highest BCUT2D eigenvalue weighted by Crippen LogP contribution is 2.33. The van der Waals surface area contributed by atoms with Gasteiger partial charge >= 0.3 is 0 Å². The Morgan fingerprint density at radius 3 is 1.20 bits per heavy atom. The van der Waals surface area contributed by atoms with E-state index in [0.29, 0.717) is 22.9 Å². The van der Waals surface area contributed by atoms with Crippen molar-refractivity contribution in [2.24, 2.45) is 15.4 Å². The fourth-order valence-corrected chi connectivity index (χ4v) is 4.07. The van der Waals surface area contributed by atoms with Crippen LogP contribution in [0.25, 0.3) is 0 Å². The highest BCUT2D eigenvalue weighted by Gasteiger charge is 2.36. The largest absolute Gasteiger partial charge is 0.492 e. The molecular weight excluding hydrogens is 516 g/mol. The fraction of sp³-hybridized carbons (Fsp3) is 0.212. The van der Waals surface area contributed by atoms with Crippen LogP contribution in [0.15, 0.2) is 107 Å². The first-order valence-electron chi connectivity index (χ1n) is 13.1. The molecule has 208 valence electrons. The van der Waals surface area contributed by atoms with Crippen LogP contribution in [0, 0.1) is 30.1 Å². The lowest BCUT2D eigenvalue weighted by Crippen LogP contribution is -2.45. The van der Waals surface area contributed by atoms with Gasteiger partial charge in [-0.2, -0.15) is 9.98 Å². The number of ether oxygens (including phenoxy) is 4. The lowest BCUT2D eigenvalue weighted by molar-refractivity contribution is -0.00355. The second-order valence-corrected chi connectivity index (χ2v) is 9.57. The van der Waals surface area contributed by atoms with E-state index in [0.717, 1.165) is 22.6 Å². The molecule has 8 nitrogen and oxygen atoms in total. The Labute approximate surface area is 240 Å². The van der Waals surface area contributed by atoms with E-state index in [1.165, 1.54) is 0 Å². The van der Waals surface area contributed by atoms with Crippen LogP contribution in [-0.2, 0) is 0 Å². The molecule has 0 aliphatic carbocycles. The number of aliphatic imine (C=N–C) groups is 2. The molecule has 4 rings (SSSR count). The molecule has 0 unspecified atom stereocenters. The molecule has 0 saturated heterocycles. The van der Waals surface area contributed by atoms with Gasteiger partial charge in [-0.05, 0) is 61.4 Å². The van der Waals surface area contributed by atoms with Gasteiger partial charge in [0.05, 0.1) is 12.0 Å². The summed E-state index contributed by atoms with van der Waals surface area (Å²) in [7, 11) is 0. The quantitative estimate of drug-likeness (QED) is 0.158. The molecule has 0 bridgehead atoms. The summed E-state index contributed by atoms with van der Waals surface area (Å²) >= 11 is 0. The molecule has 4 aromatic carbocycles. The number of benzene rings is 4. The number of nitrogens with zero attached hydrogens (tertiary/aromatic N) is 2. The maximum atomic E-state index is 7.31. The van der Waals surface area contributed by atoms with Crippen molar-refractivity contribution in [3.63, 3.8) is 0 Å². The number of aryl methyl sites for hydroxylation is 2. The molecule has 41 heavy (non-hydrogen) atoms. The summed E-state index contributed by atoms with van der Waals surface area (Å²) in [5.74, 6) is 2.49. The van der Waals surface area contributed by atoms with E-state index in [2.05, 4.69) is 22.0 Å². The number of nitrogens with one attached hydrogen (secondary N) is 2. The van der Waals surface area contributed by atoms with Crippen molar-refractivity contribution >= 4 is 23.4 Å². The Morgan fingerprint density at radius 1 is 0.512 bits per heavy atom. The highest BCUT2D eigenvalue weighted by molar-refractivity contribution is 5.58. The predicted octanol–water partition coefficient (Wildman–Crippen LogP) is 7.67. The van der Waals surface area contributed by atoms with Crippen molar-refractivity contribution in [1.82, 2.24) is 0 Å². The molecule has 0 radical (unpaired) electrons. The molecule has 0 aliphatic heterocycles. The Hall–Kier alpha value is -5.16. The van der Waals surface area contributed by atoms with Crippen molar-refractivity contribution < 1.29 is 18.9 Å². The summed E-state index contributed by atoms with van der Waals surface area (Å²) in [6, 6.07) is 34.2. The van der Waals surface area contributed by atoms with E-state index in [1.54, 1.807) is 24.3 Å². The number of hydrogen-bond donors (Lipinski definition) is 2. The van der Waals surface area contributed by atoms with Gasteiger partial charge in [0.1, 0.15) is 66.2 Å². The molecule has 2 N–H and O–H groups in total. The summed E-state index contributed by atoms with van der Waals surface area (Å²) in [5, 5.41) is 14.6. The molecule has 0 aromatic heterocycles. The first-order valence-corrected chi connectivity index (χ1v) is 13.1. The molecule has 8 heteroatoms. The zero-order valence-corrected chi connectivity index (χ0v) is 23.1. The van der Waals surface area contributed by atoms with Gasteiger partial charge < -0.3 is 18.9 Å². The van der Waals surface area contributed by atoms with Gasteiger partial charge in [-0.3, -0.25) is 0 Å². The third-order valence-corrected chi connectivity index (χ3v) is 6.41. The summed E-state index contributed by atoms with van der Waals surface area (Å²) in [5.41, 5.74) is 2.15. The average Bonchev–Trinajstić information content (AvgIpc) is 2.99. The van der Waals surface area contributed by atoms with Crippen molar-refractivity contribution in [1.29, 1.82) is 10.8 Å². The van der Waals surface area contributed by atoms with Crippen LogP contribution in [0.2, 0.25) is 0 Å². The number of rotatable bonds is 14. The van der Waals surface area contributed by atoms with Gasteiger partial charge in [0.15, 0.2) is 0 Å². The van der Waals surface area contributed by atoms with E-state index in [1.807, 2.05) is 86.6 Å². The summed E-state index contributed by atoms with van der Waals surface area (Å²) in [6.07, 6.45) is 0.